The molecule has 6 nitrogen and oxygen atoms in total. The Morgan fingerprint density at radius 1 is 1.22 bits per heavy atom. The summed E-state index contributed by atoms with van der Waals surface area (Å²) >= 11 is 5.83. The molecule has 1 aliphatic heterocycles. The topological polar surface area (TPSA) is 80.2 Å². The molecule has 0 amide bonds. The molecule has 2 aromatic rings. The van der Waals surface area contributed by atoms with Crippen LogP contribution in [0.15, 0.2) is 41.5 Å². The Morgan fingerprint density at radius 2 is 2.00 bits per heavy atom. The van der Waals surface area contributed by atoms with E-state index in [0.29, 0.717) is 17.2 Å². The lowest BCUT2D eigenvalue weighted by molar-refractivity contribution is 0.0697. The molecule has 3 rings (SSSR count). The van der Waals surface area contributed by atoms with E-state index in [4.69, 9.17) is 26.2 Å². The van der Waals surface area contributed by atoms with Crippen LogP contribution in [0.3, 0.4) is 0 Å². The quantitative estimate of drug-likeness (QED) is 0.660. The van der Waals surface area contributed by atoms with Crippen LogP contribution in [0.1, 0.15) is 22.8 Å². The van der Waals surface area contributed by atoms with Crippen LogP contribution in [0.5, 0.6) is 11.5 Å². The number of benzene rings is 2. The second-order valence-electron chi connectivity index (χ2n) is 4.88. The Balaban J connectivity index is 1.79. The number of hydrogen-bond donors (Lipinski definition) is 2. The van der Waals surface area contributed by atoms with Gasteiger partial charge in [-0.15, -0.1) is 0 Å². The first-order valence-corrected chi connectivity index (χ1v) is 7.15. The van der Waals surface area contributed by atoms with Gasteiger partial charge >= 0.3 is 5.97 Å². The number of hydrazone groups is 1. The molecule has 0 atom stereocenters. The average Bonchev–Trinajstić information content (AvgIpc) is 3.01. The molecule has 0 aromatic heterocycles. The van der Waals surface area contributed by atoms with Crippen molar-refractivity contribution in [2.24, 2.45) is 5.10 Å². The fraction of sp³-hybridized carbons (Fsp3) is 0.125. The van der Waals surface area contributed by atoms with Crippen LogP contribution in [-0.4, -0.2) is 23.6 Å². The van der Waals surface area contributed by atoms with Gasteiger partial charge in [0.2, 0.25) is 6.79 Å². The minimum Gasteiger partial charge on any atom is -0.478 e. The van der Waals surface area contributed by atoms with E-state index in [9.17, 15) is 4.79 Å². The molecule has 0 saturated carbocycles. The van der Waals surface area contributed by atoms with E-state index in [0.717, 1.165) is 11.3 Å². The summed E-state index contributed by atoms with van der Waals surface area (Å²) < 4.78 is 10.6. The molecule has 0 radical (unpaired) electrons. The zero-order valence-electron chi connectivity index (χ0n) is 12.2. The van der Waals surface area contributed by atoms with E-state index >= 15 is 0 Å². The smallest absolute Gasteiger partial charge is 0.337 e. The molecule has 7 heteroatoms. The summed E-state index contributed by atoms with van der Waals surface area (Å²) in [5.74, 6) is 0.296. The molecule has 1 aliphatic rings. The van der Waals surface area contributed by atoms with Gasteiger partial charge in [0.25, 0.3) is 0 Å². The summed E-state index contributed by atoms with van der Waals surface area (Å²) in [7, 11) is 0. The molecule has 0 saturated heterocycles. The van der Waals surface area contributed by atoms with Crippen molar-refractivity contribution in [3.63, 3.8) is 0 Å². The average molecular weight is 333 g/mol. The van der Waals surface area contributed by atoms with Gasteiger partial charge < -0.3 is 14.6 Å². The van der Waals surface area contributed by atoms with E-state index in [1.54, 1.807) is 6.07 Å². The van der Waals surface area contributed by atoms with Gasteiger partial charge in [0, 0.05) is 5.56 Å². The molecule has 0 aliphatic carbocycles. The maximum absolute atomic E-state index is 11.1. The lowest BCUT2D eigenvalue weighted by Crippen LogP contribution is -2.02. The number of aromatic carboxylic acids is 1. The van der Waals surface area contributed by atoms with Crippen LogP contribution in [-0.2, 0) is 0 Å². The highest BCUT2D eigenvalue weighted by Crippen LogP contribution is 2.32. The van der Waals surface area contributed by atoms with Gasteiger partial charge in [-0.25, -0.2) is 4.79 Å². The fourth-order valence-corrected chi connectivity index (χ4v) is 2.29. The summed E-state index contributed by atoms with van der Waals surface area (Å²) in [5, 5.41) is 13.5. The lowest BCUT2D eigenvalue weighted by atomic mass is 10.1. The van der Waals surface area contributed by atoms with Gasteiger partial charge in [-0.3, -0.25) is 5.43 Å². The van der Waals surface area contributed by atoms with E-state index in [-0.39, 0.29) is 17.4 Å². The molecular formula is C16H13ClN2O4. The molecule has 23 heavy (non-hydrogen) atoms. The van der Waals surface area contributed by atoms with Gasteiger partial charge in [0.15, 0.2) is 11.5 Å². The van der Waals surface area contributed by atoms with Crippen molar-refractivity contribution in [1.29, 1.82) is 0 Å². The molecule has 2 N–H and O–H groups in total. The van der Waals surface area contributed by atoms with E-state index < -0.39 is 5.97 Å². The van der Waals surface area contributed by atoms with Crippen LogP contribution in [0, 0.1) is 0 Å². The number of rotatable bonds is 4. The summed E-state index contributed by atoms with van der Waals surface area (Å²) in [6.45, 7) is 2.05. The van der Waals surface area contributed by atoms with Crippen molar-refractivity contribution < 1.29 is 19.4 Å². The predicted octanol–water partition coefficient (Wildman–Crippen LogP) is 3.60. The van der Waals surface area contributed by atoms with Crippen LogP contribution < -0.4 is 14.9 Å². The highest BCUT2D eigenvalue weighted by atomic mass is 35.5. The number of nitrogens with one attached hydrogen (secondary N) is 1. The van der Waals surface area contributed by atoms with Crippen molar-refractivity contribution in [1.82, 2.24) is 0 Å². The SMILES string of the molecule is CC(=NNc1ccc(Cl)c(C(=O)O)c1)c1ccc2c(c1)OCO2. The third-order valence-corrected chi connectivity index (χ3v) is 3.67. The maximum atomic E-state index is 11.1. The highest BCUT2D eigenvalue weighted by Gasteiger charge is 2.14. The number of anilines is 1. The molecule has 0 bridgehead atoms. The molecule has 0 unspecified atom stereocenters. The van der Waals surface area contributed by atoms with Crippen LogP contribution in [0.25, 0.3) is 0 Å². The number of halogens is 1. The Hall–Kier alpha value is -2.73. The molecular weight excluding hydrogens is 320 g/mol. The third-order valence-electron chi connectivity index (χ3n) is 3.34. The van der Waals surface area contributed by atoms with Crippen molar-refractivity contribution in [3.8, 4) is 11.5 Å². The molecule has 1 heterocycles. The van der Waals surface area contributed by atoms with Gasteiger partial charge in [0.1, 0.15) is 0 Å². The fourth-order valence-electron chi connectivity index (χ4n) is 2.09. The number of hydrogen-bond acceptors (Lipinski definition) is 5. The first kappa shape index (κ1) is 15.2. The number of carboxylic acid groups (broad SMARTS) is 1. The van der Waals surface area contributed by atoms with Crippen molar-refractivity contribution >= 4 is 29.0 Å². The third kappa shape index (κ3) is 3.22. The number of nitrogens with zero attached hydrogens (tertiary/aromatic N) is 1. The van der Waals surface area contributed by atoms with E-state index in [1.165, 1.54) is 12.1 Å². The minimum absolute atomic E-state index is 0.0209. The van der Waals surface area contributed by atoms with Gasteiger partial charge in [-0.2, -0.15) is 5.10 Å². The van der Waals surface area contributed by atoms with E-state index in [1.807, 2.05) is 25.1 Å². The first-order chi connectivity index (χ1) is 11.0. The minimum atomic E-state index is -1.09. The predicted molar refractivity (Wildman–Crippen MR) is 86.8 cm³/mol. The summed E-state index contributed by atoms with van der Waals surface area (Å²) in [4.78, 5) is 11.1. The second kappa shape index (κ2) is 6.18. The maximum Gasteiger partial charge on any atom is 0.337 e. The van der Waals surface area contributed by atoms with Crippen LogP contribution in [0.4, 0.5) is 5.69 Å². The number of carbonyl (C=O) groups is 1. The summed E-state index contributed by atoms with van der Waals surface area (Å²) in [5.41, 5.74) is 4.97. The zero-order valence-corrected chi connectivity index (χ0v) is 12.9. The van der Waals surface area contributed by atoms with Crippen LogP contribution in [0.2, 0.25) is 5.02 Å². The molecule has 118 valence electrons. The number of carboxylic acids is 1. The monoisotopic (exact) mass is 332 g/mol. The second-order valence-corrected chi connectivity index (χ2v) is 5.28. The van der Waals surface area contributed by atoms with Crippen molar-refractivity contribution in [2.75, 3.05) is 12.2 Å². The van der Waals surface area contributed by atoms with Crippen molar-refractivity contribution in [3.05, 3.63) is 52.5 Å². The molecule has 0 fully saturated rings. The Kier molecular flexibility index (Phi) is 4.08. The van der Waals surface area contributed by atoms with Gasteiger partial charge in [0.05, 0.1) is 22.0 Å². The van der Waals surface area contributed by atoms with Gasteiger partial charge in [-0.05, 0) is 43.3 Å². The largest absolute Gasteiger partial charge is 0.478 e. The Labute approximate surface area is 137 Å². The summed E-state index contributed by atoms with van der Waals surface area (Å²) in [6, 6.07) is 10.1. The first-order valence-electron chi connectivity index (χ1n) is 6.78. The van der Waals surface area contributed by atoms with E-state index in [2.05, 4.69) is 10.5 Å². The standard InChI is InChI=1S/C16H13ClN2O4/c1-9(10-2-5-14-15(6-10)23-8-22-14)18-19-11-3-4-13(17)12(7-11)16(20)21/h2-7,19H,8H2,1H3,(H,20,21). The van der Waals surface area contributed by atoms with Gasteiger partial charge in [-0.1, -0.05) is 11.6 Å². The lowest BCUT2D eigenvalue weighted by Gasteiger charge is -2.06. The number of fused-ring (bicyclic) bond motifs is 1. The Bertz CT molecular complexity index is 805. The Morgan fingerprint density at radius 3 is 2.78 bits per heavy atom. The highest BCUT2D eigenvalue weighted by molar-refractivity contribution is 6.33. The van der Waals surface area contributed by atoms with Crippen molar-refractivity contribution in [2.45, 2.75) is 6.92 Å². The van der Waals surface area contributed by atoms with Crippen LogP contribution >= 0.6 is 11.6 Å². The zero-order chi connectivity index (χ0) is 16.4. The number of ether oxygens (including phenoxy) is 2. The molecule has 2 aromatic carbocycles. The normalized spacial score (nSPS) is 13.0. The molecule has 0 spiro atoms. The summed E-state index contributed by atoms with van der Waals surface area (Å²) in [6.07, 6.45) is 0.